The zero-order chi connectivity index (χ0) is 11.8. The van der Waals surface area contributed by atoms with Crippen LogP contribution in [-0.2, 0) is 0 Å². The van der Waals surface area contributed by atoms with Crippen LogP contribution in [0.5, 0.6) is 0 Å². The summed E-state index contributed by atoms with van der Waals surface area (Å²) in [6, 6.07) is 5.94. The Balaban J connectivity index is 1.96. The third-order valence-electron chi connectivity index (χ3n) is 3.58. The summed E-state index contributed by atoms with van der Waals surface area (Å²) in [5, 5.41) is 0. The maximum Gasteiger partial charge on any atom is 0.417 e. The molecule has 0 saturated heterocycles. The fourth-order valence-corrected chi connectivity index (χ4v) is 3.47. The third-order valence-corrected chi connectivity index (χ3v) is 4.85. The Hall–Kier alpha value is -1.03. The average molecular weight is 296 g/mol. The van der Waals surface area contributed by atoms with Crippen molar-refractivity contribution in [3.63, 3.8) is 0 Å². The van der Waals surface area contributed by atoms with E-state index in [1.807, 2.05) is 12.1 Å². The number of aromatic amines is 1. The van der Waals surface area contributed by atoms with Gasteiger partial charge in [0.1, 0.15) is 0 Å². The Morgan fingerprint density at radius 1 is 1.35 bits per heavy atom. The van der Waals surface area contributed by atoms with E-state index in [2.05, 4.69) is 27.0 Å². The molecular formula is C13H14BrNO2. The molecule has 1 atom stereocenters. The van der Waals surface area contributed by atoms with Crippen molar-refractivity contribution in [2.75, 3.05) is 0 Å². The van der Waals surface area contributed by atoms with Gasteiger partial charge >= 0.3 is 5.76 Å². The maximum atomic E-state index is 11.1. The highest BCUT2D eigenvalue weighted by Gasteiger charge is 2.24. The molecule has 1 aromatic heterocycles. The number of halogens is 1. The van der Waals surface area contributed by atoms with Crippen molar-refractivity contribution in [2.45, 2.75) is 30.5 Å². The molecule has 0 aliphatic heterocycles. The monoisotopic (exact) mass is 295 g/mol. The van der Waals surface area contributed by atoms with Crippen molar-refractivity contribution >= 4 is 27.0 Å². The van der Waals surface area contributed by atoms with Gasteiger partial charge in [-0.25, -0.2) is 4.79 Å². The van der Waals surface area contributed by atoms with E-state index in [4.69, 9.17) is 4.42 Å². The molecule has 17 heavy (non-hydrogen) atoms. The Morgan fingerprint density at radius 2 is 2.12 bits per heavy atom. The van der Waals surface area contributed by atoms with Gasteiger partial charge in [-0.15, -0.1) is 0 Å². The fourth-order valence-electron chi connectivity index (χ4n) is 2.66. The van der Waals surface area contributed by atoms with Crippen LogP contribution in [0.25, 0.3) is 11.1 Å². The zero-order valence-electron chi connectivity index (χ0n) is 9.41. The molecule has 0 bridgehead atoms. The number of nitrogens with one attached hydrogen (secondary N) is 1. The first-order valence-corrected chi connectivity index (χ1v) is 6.92. The molecule has 1 aliphatic rings. The lowest BCUT2D eigenvalue weighted by Crippen LogP contribution is -2.02. The molecule has 1 aromatic carbocycles. The van der Waals surface area contributed by atoms with E-state index in [1.165, 1.54) is 31.2 Å². The van der Waals surface area contributed by atoms with Gasteiger partial charge in [0.15, 0.2) is 5.58 Å². The van der Waals surface area contributed by atoms with E-state index in [-0.39, 0.29) is 5.76 Å². The smallest absolute Gasteiger partial charge is 0.408 e. The lowest BCUT2D eigenvalue weighted by Gasteiger charge is -2.17. The van der Waals surface area contributed by atoms with Crippen molar-refractivity contribution in [1.29, 1.82) is 0 Å². The van der Waals surface area contributed by atoms with Crippen molar-refractivity contribution in [1.82, 2.24) is 4.98 Å². The van der Waals surface area contributed by atoms with Gasteiger partial charge in [0.2, 0.25) is 0 Å². The van der Waals surface area contributed by atoms with Gasteiger partial charge < -0.3 is 4.42 Å². The van der Waals surface area contributed by atoms with Gasteiger partial charge in [0.25, 0.3) is 0 Å². The van der Waals surface area contributed by atoms with Crippen LogP contribution in [0.2, 0.25) is 0 Å². The topological polar surface area (TPSA) is 46.0 Å². The minimum atomic E-state index is -0.385. The summed E-state index contributed by atoms with van der Waals surface area (Å²) in [7, 11) is 0. The van der Waals surface area contributed by atoms with E-state index in [0.717, 1.165) is 5.52 Å². The fraction of sp³-hybridized carbons (Fsp3) is 0.462. The number of oxazole rings is 1. The quantitative estimate of drug-likeness (QED) is 0.858. The number of H-pyrrole nitrogens is 1. The Labute approximate surface area is 107 Å². The number of fused-ring (bicyclic) bond motifs is 1. The van der Waals surface area contributed by atoms with Crippen LogP contribution in [0.3, 0.4) is 0 Å². The number of hydrogen-bond donors (Lipinski definition) is 1. The second-order valence-corrected chi connectivity index (χ2v) is 5.70. The largest absolute Gasteiger partial charge is 0.417 e. The van der Waals surface area contributed by atoms with Crippen LogP contribution in [0.1, 0.15) is 36.1 Å². The van der Waals surface area contributed by atoms with E-state index < -0.39 is 0 Å². The van der Waals surface area contributed by atoms with Crippen molar-refractivity contribution in [3.05, 3.63) is 34.3 Å². The Morgan fingerprint density at radius 3 is 2.88 bits per heavy atom. The lowest BCUT2D eigenvalue weighted by atomic mass is 9.98. The van der Waals surface area contributed by atoms with Gasteiger partial charge in [-0.3, -0.25) is 4.98 Å². The van der Waals surface area contributed by atoms with Crippen LogP contribution < -0.4 is 5.76 Å². The van der Waals surface area contributed by atoms with Crippen LogP contribution in [0.15, 0.2) is 27.4 Å². The van der Waals surface area contributed by atoms with E-state index in [0.29, 0.717) is 16.3 Å². The summed E-state index contributed by atoms with van der Waals surface area (Å²) in [6.07, 6.45) is 5.22. The van der Waals surface area contributed by atoms with E-state index in [9.17, 15) is 4.79 Å². The first-order valence-electron chi connectivity index (χ1n) is 6.01. The standard InChI is InChI=1S/C13H14BrNO2/c14-12(8-3-1-2-4-8)9-5-6-10-11(7-9)17-13(16)15-10/h5-8,12H,1-4H2,(H,15,16). The number of rotatable bonds is 2. The van der Waals surface area contributed by atoms with Crippen molar-refractivity contribution in [2.24, 2.45) is 5.92 Å². The first-order chi connectivity index (χ1) is 8.24. The third kappa shape index (κ3) is 2.06. The van der Waals surface area contributed by atoms with Gasteiger partial charge in [-0.1, -0.05) is 34.8 Å². The molecule has 1 heterocycles. The normalized spacial score (nSPS) is 18.9. The summed E-state index contributed by atoms with van der Waals surface area (Å²) < 4.78 is 5.09. The lowest BCUT2D eigenvalue weighted by molar-refractivity contribution is 0.538. The molecule has 1 aliphatic carbocycles. The van der Waals surface area contributed by atoms with Gasteiger partial charge in [-0.2, -0.15) is 0 Å². The van der Waals surface area contributed by atoms with Gasteiger partial charge in [0, 0.05) is 4.83 Å². The number of hydrogen-bond acceptors (Lipinski definition) is 2. The molecule has 1 fully saturated rings. The minimum Gasteiger partial charge on any atom is -0.408 e. The van der Waals surface area contributed by atoms with Crippen LogP contribution in [0, 0.1) is 5.92 Å². The molecule has 90 valence electrons. The molecule has 4 heteroatoms. The Kier molecular flexibility index (Phi) is 2.82. The van der Waals surface area contributed by atoms with Crippen molar-refractivity contribution < 1.29 is 4.42 Å². The predicted octanol–water partition coefficient (Wildman–Crippen LogP) is 3.75. The highest BCUT2D eigenvalue weighted by molar-refractivity contribution is 9.09. The summed E-state index contributed by atoms with van der Waals surface area (Å²) in [6.45, 7) is 0. The molecule has 1 unspecified atom stereocenters. The van der Waals surface area contributed by atoms with Crippen LogP contribution >= 0.6 is 15.9 Å². The molecule has 0 amide bonds. The summed E-state index contributed by atoms with van der Waals surface area (Å²) in [5.74, 6) is 0.322. The molecule has 0 radical (unpaired) electrons. The van der Waals surface area contributed by atoms with Gasteiger partial charge in [0.05, 0.1) is 5.52 Å². The summed E-state index contributed by atoms with van der Waals surface area (Å²) in [5.41, 5.74) is 2.62. The van der Waals surface area contributed by atoms with Crippen molar-refractivity contribution in [3.8, 4) is 0 Å². The number of alkyl halides is 1. The maximum absolute atomic E-state index is 11.1. The number of aromatic nitrogens is 1. The zero-order valence-corrected chi connectivity index (χ0v) is 11.0. The van der Waals surface area contributed by atoms with Crippen LogP contribution in [0.4, 0.5) is 0 Å². The second kappa shape index (κ2) is 4.33. The molecule has 2 aromatic rings. The van der Waals surface area contributed by atoms with Crippen LogP contribution in [-0.4, -0.2) is 4.98 Å². The van der Waals surface area contributed by atoms with E-state index in [1.54, 1.807) is 0 Å². The summed E-state index contributed by atoms with van der Waals surface area (Å²) >= 11 is 3.78. The van der Waals surface area contributed by atoms with Gasteiger partial charge in [-0.05, 0) is 36.5 Å². The highest BCUT2D eigenvalue weighted by Crippen LogP contribution is 2.41. The first kappa shape index (κ1) is 11.1. The summed E-state index contributed by atoms with van der Waals surface area (Å²) in [4.78, 5) is 14.1. The average Bonchev–Trinajstić information content (AvgIpc) is 2.94. The molecule has 3 rings (SSSR count). The molecule has 1 saturated carbocycles. The SMILES string of the molecule is O=c1[nH]c2ccc(C(Br)C3CCCC3)cc2o1. The number of benzene rings is 1. The molecular weight excluding hydrogens is 282 g/mol. The minimum absolute atomic E-state index is 0.370. The highest BCUT2D eigenvalue weighted by atomic mass is 79.9. The molecule has 0 spiro atoms. The predicted molar refractivity (Wildman–Crippen MR) is 70.5 cm³/mol. The Bertz CT molecular complexity index is 580. The van der Waals surface area contributed by atoms with E-state index >= 15 is 0 Å². The molecule has 1 N–H and O–H groups in total. The second-order valence-electron chi connectivity index (χ2n) is 4.72. The molecule has 3 nitrogen and oxygen atoms in total.